The summed E-state index contributed by atoms with van der Waals surface area (Å²) in [5.41, 5.74) is 4.87. The minimum absolute atomic E-state index is 0.000866. The molecule has 140 valence electrons. The van der Waals surface area contributed by atoms with Crippen LogP contribution >= 0.6 is 0 Å². The Bertz CT molecular complexity index is 1020. The highest BCUT2D eigenvalue weighted by Gasteiger charge is 2.36. The molecule has 2 aromatic rings. The van der Waals surface area contributed by atoms with Crippen LogP contribution in [0.15, 0.2) is 84.4 Å². The topological polar surface area (TPSA) is 35.6 Å². The zero-order chi connectivity index (χ0) is 19.1. The maximum absolute atomic E-state index is 13.4. The van der Waals surface area contributed by atoms with Gasteiger partial charge in [-0.25, -0.2) is 4.39 Å². The van der Waals surface area contributed by atoms with Crippen LogP contribution in [0.3, 0.4) is 0 Å². The van der Waals surface area contributed by atoms with E-state index in [2.05, 4.69) is 17.4 Å². The summed E-state index contributed by atoms with van der Waals surface area (Å²) in [5, 5.41) is 3.38. The van der Waals surface area contributed by atoms with E-state index in [0.29, 0.717) is 18.8 Å². The smallest absolute Gasteiger partial charge is 0.272 e. The van der Waals surface area contributed by atoms with Crippen LogP contribution in [0.4, 0.5) is 4.39 Å². The average molecular weight is 373 g/mol. The van der Waals surface area contributed by atoms with Crippen LogP contribution in [0.25, 0.3) is 0 Å². The maximum Gasteiger partial charge on any atom is 0.272 e. The first-order valence-electron chi connectivity index (χ1n) is 9.46. The number of allylic oxidation sites excluding steroid dienone is 3. The molecule has 0 saturated heterocycles. The molecule has 3 aliphatic heterocycles. The summed E-state index contributed by atoms with van der Waals surface area (Å²) in [6.45, 7) is 1.32. The first-order valence-corrected chi connectivity index (χ1v) is 9.46. The van der Waals surface area contributed by atoms with Crippen molar-refractivity contribution < 1.29 is 9.18 Å². The lowest BCUT2D eigenvalue weighted by Gasteiger charge is -2.29. The number of nitrogens with zero attached hydrogens (tertiary/aromatic N) is 2. The number of fused-ring (bicyclic) bond motifs is 2. The van der Waals surface area contributed by atoms with Crippen LogP contribution in [-0.4, -0.2) is 22.3 Å². The van der Waals surface area contributed by atoms with Gasteiger partial charge in [-0.15, -0.1) is 0 Å². The second-order valence-electron chi connectivity index (χ2n) is 7.21. The molecule has 0 radical (unpaired) electrons. The fraction of sp³-hybridized carbons (Fsp3) is 0.174. The molecule has 3 heterocycles. The Labute approximate surface area is 163 Å². The standard InChI is InChI=1S/C23H20FN3O/c24-19-10-8-17(9-11-19)22-25-21(20-7-3-4-13-27(20)22)23(28)26-14-12-16-5-1-2-6-18(16)15-26/h1-11,13,22,25H,12,14-15H2. The van der Waals surface area contributed by atoms with E-state index in [4.69, 9.17) is 0 Å². The number of hydrogen-bond acceptors (Lipinski definition) is 3. The molecular formula is C23H20FN3O. The molecule has 1 atom stereocenters. The van der Waals surface area contributed by atoms with Gasteiger partial charge in [0.15, 0.2) is 0 Å². The molecule has 0 aliphatic carbocycles. The lowest BCUT2D eigenvalue weighted by molar-refractivity contribution is -0.128. The van der Waals surface area contributed by atoms with E-state index < -0.39 is 0 Å². The Kier molecular flexibility index (Phi) is 4.01. The molecule has 0 bridgehead atoms. The number of benzene rings is 2. The Morgan fingerprint density at radius 3 is 2.64 bits per heavy atom. The Balaban J connectivity index is 1.44. The quantitative estimate of drug-likeness (QED) is 0.874. The normalized spacial score (nSPS) is 20.1. The first-order chi connectivity index (χ1) is 13.7. The van der Waals surface area contributed by atoms with Crippen molar-refractivity contribution in [2.75, 3.05) is 6.54 Å². The van der Waals surface area contributed by atoms with E-state index in [1.54, 1.807) is 12.1 Å². The molecule has 0 aromatic heterocycles. The van der Waals surface area contributed by atoms with Crippen LogP contribution in [0.2, 0.25) is 0 Å². The molecule has 1 amide bonds. The van der Waals surface area contributed by atoms with Gasteiger partial charge in [0, 0.05) is 19.3 Å². The van der Waals surface area contributed by atoms with Gasteiger partial charge >= 0.3 is 0 Å². The van der Waals surface area contributed by atoms with Crippen LogP contribution < -0.4 is 5.32 Å². The fourth-order valence-corrected chi connectivity index (χ4v) is 4.06. The molecule has 0 spiro atoms. The first kappa shape index (κ1) is 16.8. The molecule has 0 saturated carbocycles. The predicted molar refractivity (Wildman–Crippen MR) is 105 cm³/mol. The molecule has 28 heavy (non-hydrogen) atoms. The predicted octanol–water partition coefficient (Wildman–Crippen LogP) is 3.61. The summed E-state index contributed by atoms with van der Waals surface area (Å²) < 4.78 is 13.3. The van der Waals surface area contributed by atoms with Crippen molar-refractivity contribution in [3.8, 4) is 0 Å². The van der Waals surface area contributed by atoms with Crippen LogP contribution in [-0.2, 0) is 17.8 Å². The summed E-state index contributed by atoms with van der Waals surface area (Å²) in [6.07, 6.45) is 8.40. The zero-order valence-electron chi connectivity index (χ0n) is 15.3. The third kappa shape index (κ3) is 2.80. The number of rotatable bonds is 2. The number of amides is 1. The third-order valence-corrected chi connectivity index (χ3v) is 5.52. The second-order valence-corrected chi connectivity index (χ2v) is 7.21. The molecule has 1 N–H and O–H groups in total. The van der Waals surface area contributed by atoms with E-state index >= 15 is 0 Å². The Morgan fingerprint density at radius 1 is 1.04 bits per heavy atom. The molecule has 3 aliphatic rings. The van der Waals surface area contributed by atoms with Gasteiger partial charge in [-0.05, 0) is 47.4 Å². The minimum atomic E-state index is -0.271. The second kappa shape index (κ2) is 6.68. The SMILES string of the molecule is O=C(C1=C2C=CC=CN2C(c2ccc(F)cc2)N1)N1CCc2ccccc2C1. The van der Waals surface area contributed by atoms with Crippen LogP contribution in [0.5, 0.6) is 0 Å². The number of carbonyl (C=O) groups is 1. The Hall–Kier alpha value is -3.34. The van der Waals surface area contributed by atoms with Crippen LogP contribution in [0.1, 0.15) is 22.9 Å². The maximum atomic E-state index is 13.4. The van der Waals surface area contributed by atoms with Gasteiger partial charge in [-0.2, -0.15) is 0 Å². The zero-order valence-corrected chi connectivity index (χ0v) is 15.3. The fourth-order valence-electron chi connectivity index (χ4n) is 4.06. The number of hydrogen-bond donors (Lipinski definition) is 1. The third-order valence-electron chi connectivity index (χ3n) is 5.52. The van der Waals surface area contributed by atoms with E-state index in [0.717, 1.165) is 17.7 Å². The van der Waals surface area contributed by atoms with Crippen molar-refractivity contribution in [1.82, 2.24) is 15.1 Å². The molecule has 0 fully saturated rings. The number of carbonyl (C=O) groups excluding carboxylic acids is 1. The molecular weight excluding hydrogens is 353 g/mol. The molecule has 4 nitrogen and oxygen atoms in total. The van der Waals surface area contributed by atoms with Crippen molar-refractivity contribution in [3.05, 3.63) is 107 Å². The lowest BCUT2D eigenvalue weighted by Crippen LogP contribution is -2.39. The highest BCUT2D eigenvalue weighted by Crippen LogP contribution is 2.35. The molecule has 5 heteroatoms. The van der Waals surface area contributed by atoms with E-state index in [9.17, 15) is 9.18 Å². The van der Waals surface area contributed by atoms with Gasteiger partial charge in [0.1, 0.15) is 17.7 Å². The van der Waals surface area contributed by atoms with Crippen molar-refractivity contribution in [3.63, 3.8) is 0 Å². The van der Waals surface area contributed by atoms with E-state index in [-0.39, 0.29) is 17.9 Å². The van der Waals surface area contributed by atoms with E-state index in [1.165, 1.54) is 23.3 Å². The molecule has 1 unspecified atom stereocenters. The minimum Gasteiger partial charge on any atom is -0.355 e. The summed E-state index contributed by atoms with van der Waals surface area (Å²) in [6, 6.07) is 14.7. The van der Waals surface area contributed by atoms with Crippen molar-refractivity contribution in [2.24, 2.45) is 0 Å². The van der Waals surface area contributed by atoms with Gasteiger partial charge in [-0.1, -0.05) is 42.5 Å². The number of halogens is 1. The summed E-state index contributed by atoms with van der Waals surface area (Å²) >= 11 is 0. The summed E-state index contributed by atoms with van der Waals surface area (Å²) in [7, 11) is 0. The lowest BCUT2D eigenvalue weighted by atomic mass is 9.99. The van der Waals surface area contributed by atoms with Crippen molar-refractivity contribution in [2.45, 2.75) is 19.1 Å². The number of nitrogens with one attached hydrogen (secondary N) is 1. The van der Waals surface area contributed by atoms with E-state index in [1.807, 2.05) is 46.4 Å². The molecule has 2 aromatic carbocycles. The van der Waals surface area contributed by atoms with Gasteiger partial charge < -0.3 is 15.1 Å². The van der Waals surface area contributed by atoms with Gasteiger partial charge in [0.25, 0.3) is 5.91 Å². The average Bonchev–Trinajstić information content (AvgIpc) is 3.13. The van der Waals surface area contributed by atoms with Gasteiger partial charge in [-0.3, -0.25) is 4.79 Å². The van der Waals surface area contributed by atoms with Gasteiger partial charge in [0.05, 0.1) is 5.70 Å². The van der Waals surface area contributed by atoms with Gasteiger partial charge in [0.2, 0.25) is 0 Å². The molecule has 5 rings (SSSR count). The monoisotopic (exact) mass is 373 g/mol. The highest BCUT2D eigenvalue weighted by molar-refractivity contribution is 5.95. The van der Waals surface area contributed by atoms with Crippen LogP contribution in [0, 0.1) is 5.82 Å². The summed E-state index contributed by atoms with van der Waals surface area (Å²) in [4.78, 5) is 17.3. The largest absolute Gasteiger partial charge is 0.355 e. The Morgan fingerprint density at radius 2 is 1.82 bits per heavy atom. The van der Waals surface area contributed by atoms with Crippen molar-refractivity contribution in [1.29, 1.82) is 0 Å². The highest BCUT2D eigenvalue weighted by atomic mass is 19.1. The van der Waals surface area contributed by atoms with Crippen molar-refractivity contribution >= 4 is 5.91 Å². The summed E-state index contributed by atoms with van der Waals surface area (Å²) in [5.74, 6) is -0.272.